The van der Waals surface area contributed by atoms with Gasteiger partial charge in [-0.15, -0.1) is 5.10 Å². The molecule has 1 heterocycles. The molecule has 114 valence electrons. The maximum atomic E-state index is 5.91. The van der Waals surface area contributed by atoms with Crippen LogP contribution in [0.5, 0.6) is 5.75 Å². The Morgan fingerprint density at radius 1 is 1.24 bits per heavy atom. The van der Waals surface area contributed by atoms with Crippen molar-refractivity contribution < 1.29 is 4.74 Å². The Hall–Kier alpha value is -1.46. The zero-order valence-corrected chi connectivity index (χ0v) is 13.7. The van der Waals surface area contributed by atoms with Crippen molar-refractivity contribution in [3.8, 4) is 5.75 Å². The van der Waals surface area contributed by atoms with Crippen LogP contribution in [0, 0.1) is 0 Å². The van der Waals surface area contributed by atoms with Gasteiger partial charge < -0.3 is 10.1 Å². The molecule has 2 aromatic rings. The number of aromatic nitrogens is 2. The van der Waals surface area contributed by atoms with Crippen LogP contribution in [0.2, 0.25) is 0 Å². The Morgan fingerprint density at radius 2 is 2.05 bits per heavy atom. The van der Waals surface area contributed by atoms with Crippen LogP contribution in [0.3, 0.4) is 0 Å². The second-order valence-electron chi connectivity index (χ2n) is 4.81. The molecule has 0 bridgehead atoms. The van der Waals surface area contributed by atoms with Crippen LogP contribution in [0.1, 0.15) is 49.4 Å². The average molecular weight is 305 g/mol. The number of benzene rings is 1. The topological polar surface area (TPSA) is 47.0 Å². The standard InChI is InChI=1S/C16H23N3OS/c1-4-11-20-14-10-8-7-9-12(14)15(17-6-3)16-13(5-2)18-19-21-16/h7-10,15,17H,4-6,11H2,1-3H3. The normalized spacial score (nSPS) is 12.3. The Labute approximate surface area is 130 Å². The van der Waals surface area contributed by atoms with Crippen molar-refractivity contribution in [1.29, 1.82) is 0 Å². The van der Waals surface area contributed by atoms with Gasteiger partial charge in [0.1, 0.15) is 5.75 Å². The van der Waals surface area contributed by atoms with Crippen molar-refractivity contribution in [1.82, 2.24) is 14.9 Å². The van der Waals surface area contributed by atoms with Crippen LogP contribution in [0.15, 0.2) is 24.3 Å². The van der Waals surface area contributed by atoms with Gasteiger partial charge in [0, 0.05) is 5.56 Å². The molecule has 0 amide bonds. The number of hydrogen-bond donors (Lipinski definition) is 1. The summed E-state index contributed by atoms with van der Waals surface area (Å²) in [6.07, 6.45) is 1.90. The largest absolute Gasteiger partial charge is 0.493 e. The van der Waals surface area contributed by atoms with Crippen LogP contribution >= 0.6 is 11.5 Å². The summed E-state index contributed by atoms with van der Waals surface area (Å²) in [5, 5.41) is 7.79. The Balaban J connectivity index is 2.38. The fraction of sp³-hybridized carbons (Fsp3) is 0.500. The van der Waals surface area contributed by atoms with Crippen LogP contribution in [-0.4, -0.2) is 22.7 Å². The van der Waals surface area contributed by atoms with Gasteiger partial charge >= 0.3 is 0 Å². The van der Waals surface area contributed by atoms with Crippen molar-refractivity contribution >= 4 is 11.5 Å². The van der Waals surface area contributed by atoms with Crippen molar-refractivity contribution in [3.05, 3.63) is 40.4 Å². The van der Waals surface area contributed by atoms with Gasteiger partial charge in [-0.1, -0.05) is 43.5 Å². The van der Waals surface area contributed by atoms with Crippen LogP contribution in [-0.2, 0) is 6.42 Å². The van der Waals surface area contributed by atoms with E-state index in [9.17, 15) is 0 Å². The maximum absolute atomic E-state index is 5.91. The molecule has 0 radical (unpaired) electrons. The highest BCUT2D eigenvalue weighted by molar-refractivity contribution is 7.05. The fourth-order valence-corrected chi connectivity index (χ4v) is 3.12. The number of rotatable bonds is 8. The van der Waals surface area contributed by atoms with Crippen molar-refractivity contribution in [3.63, 3.8) is 0 Å². The average Bonchev–Trinajstić information content (AvgIpc) is 2.99. The van der Waals surface area contributed by atoms with E-state index in [1.54, 1.807) is 0 Å². The fourth-order valence-electron chi connectivity index (χ4n) is 2.29. The van der Waals surface area contributed by atoms with Gasteiger partial charge in [0.05, 0.1) is 23.2 Å². The van der Waals surface area contributed by atoms with Gasteiger partial charge in [-0.3, -0.25) is 0 Å². The maximum Gasteiger partial charge on any atom is 0.124 e. The SMILES string of the molecule is CCCOc1ccccc1C(NCC)c1snnc1CC. The minimum Gasteiger partial charge on any atom is -0.493 e. The number of nitrogens with one attached hydrogen (secondary N) is 1. The predicted molar refractivity (Wildman–Crippen MR) is 87.0 cm³/mol. The second-order valence-corrected chi connectivity index (χ2v) is 5.60. The summed E-state index contributed by atoms with van der Waals surface area (Å²) >= 11 is 1.47. The van der Waals surface area contributed by atoms with Crippen LogP contribution < -0.4 is 10.1 Å². The molecule has 1 aromatic carbocycles. The molecule has 1 aromatic heterocycles. The molecule has 0 aliphatic carbocycles. The molecular formula is C16H23N3OS. The van der Waals surface area contributed by atoms with E-state index >= 15 is 0 Å². The van der Waals surface area contributed by atoms with Crippen molar-refractivity contribution in [2.45, 2.75) is 39.7 Å². The molecule has 0 saturated carbocycles. The van der Waals surface area contributed by atoms with E-state index in [0.717, 1.165) is 43.0 Å². The lowest BCUT2D eigenvalue weighted by Crippen LogP contribution is -2.23. The zero-order valence-electron chi connectivity index (χ0n) is 12.9. The third kappa shape index (κ3) is 3.80. The first kappa shape index (κ1) is 15.9. The summed E-state index contributed by atoms with van der Waals surface area (Å²) in [7, 11) is 0. The first-order valence-corrected chi connectivity index (χ1v) is 8.35. The molecule has 1 unspecified atom stereocenters. The molecule has 5 heteroatoms. The minimum absolute atomic E-state index is 0.0954. The molecule has 0 aliphatic rings. The predicted octanol–water partition coefficient (Wildman–Crippen LogP) is 3.59. The van der Waals surface area contributed by atoms with Gasteiger partial charge in [-0.05, 0) is 37.0 Å². The third-order valence-corrected chi connectivity index (χ3v) is 4.11. The first-order chi connectivity index (χ1) is 10.3. The molecule has 1 N–H and O–H groups in total. The number of ether oxygens (including phenoxy) is 1. The number of hydrogen-bond acceptors (Lipinski definition) is 5. The summed E-state index contributed by atoms with van der Waals surface area (Å²) in [4.78, 5) is 1.19. The summed E-state index contributed by atoms with van der Waals surface area (Å²) in [5.41, 5.74) is 2.23. The molecular weight excluding hydrogens is 282 g/mol. The smallest absolute Gasteiger partial charge is 0.124 e. The van der Waals surface area contributed by atoms with E-state index in [1.165, 1.54) is 16.4 Å². The van der Waals surface area contributed by atoms with E-state index in [1.807, 2.05) is 12.1 Å². The summed E-state index contributed by atoms with van der Waals surface area (Å²) < 4.78 is 10.0. The Morgan fingerprint density at radius 3 is 2.76 bits per heavy atom. The minimum atomic E-state index is 0.0954. The first-order valence-electron chi connectivity index (χ1n) is 7.57. The summed E-state index contributed by atoms with van der Waals surface area (Å²) in [5.74, 6) is 0.945. The van der Waals surface area contributed by atoms with E-state index in [0.29, 0.717) is 0 Å². The van der Waals surface area contributed by atoms with Gasteiger partial charge in [0.2, 0.25) is 0 Å². The monoisotopic (exact) mass is 305 g/mol. The molecule has 21 heavy (non-hydrogen) atoms. The molecule has 2 rings (SSSR count). The quantitative estimate of drug-likeness (QED) is 0.809. The third-order valence-electron chi connectivity index (χ3n) is 3.28. The number of aryl methyl sites for hydroxylation is 1. The highest BCUT2D eigenvalue weighted by Gasteiger charge is 2.22. The van der Waals surface area contributed by atoms with E-state index in [-0.39, 0.29) is 6.04 Å². The van der Waals surface area contributed by atoms with Gasteiger partial charge in [-0.2, -0.15) is 0 Å². The Bertz CT molecular complexity index is 556. The van der Waals surface area contributed by atoms with Gasteiger partial charge in [0.25, 0.3) is 0 Å². The van der Waals surface area contributed by atoms with E-state index in [2.05, 4.69) is 47.8 Å². The molecule has 0 fully saturated rings. The molecule has 4 nitrogen and oxygen atoms in total. The second kappa shape index (κ2) is 8.10. The number of nitrogens with zero attached hydrogens (tertiary/aromatic N) is 2. The Kier molecular flexibility index (Phi) is 6.14. The molecule has 1 atom stereocenters. The summed E-state index contributed by atoms with van der Waals surface area (Å²) in [6, 6.07) is 8.33. The van der Waals surface area contributed by atoms with Crippen LogP contribution in [0.4, 0.5) is 0 Å². The lowest BCUT2D eigenvalue weighted by atomic mass is 10.0. The van der Waals surface area contributed by atoms with Gasteiger partial charge in [-0.25, -0.2) is 0 Å². The van der Waals surface area contributed by atoms with E-state index in [4.69, 9.17) is 4.74 Å². The van der Waals surface area contributed by atoms with Crippen molar-refractivity contribution in [2.24, 2.45) is 0 Å². The highest BCUT2D eigenvalue weighted by atomic mass is 32.1. The molecule has 0 spiro atoms. The lowest BCUT2D eigenvalue weighted by molar-refractivity contribution is 0.312. The molecule has 0 saturated heterocycles. The van der Waals surface area contributed by atoms with Gasteiger partial charge in [0.15, 0.2) is 0 Å². The lowest BCUT2D eigenvalue weighted by Gasteiger charge is -2.20. The summed E-state index contributed by atoms with van der Waals surface area (Å²) in [6.45, 7) is 7.96. The zero-order chi connectivity index (χ0) is 15.1. The van der Waals surface area contributed by atoms with Crippen LogP contribution in [0.25, 0.3) is 0 Å². The number of para-hydroxylation sites is 1. The van der Waals surface area contributed by atoms with Crippen molar-refractivity contribution in [2.75, 3.05) is 13.2 Å². The van der Waals surface area contributed by atoms with E-state index < -0.39 is 0 Å². The molecule has 0 aliphatic heterocycles. The highest BCUT2D eigenvalue weighted by Crippen LogP contribution is 2.33.